The number of phenols is 1. The molecule has 2 aliphatic heterocycles. The normalized spacial score (nSPS) is 28.6. The van der Waals surface area contributed by atoms with Crippen LogP contribution in [0.2, 0.25) is 0 Å². The number of H-pyrrole nitrogens is 1. The molecule has 0 amide bonds. The van der Waals surface area contributed by atoms with Crippen LogP contribution in [-0.2, 0) is 4.74 Å². The van der Waals surface area contributed by atoms with Gasteiger partial charge in [-0.3, -0.25) is 5.10 Å². The number of phenolic OH excluding ortho intramolecular Hbond substituents is 1. The van der Waals surface area contributed by atoms with Crippen molar-refractivity contribution >= 4 is 11.3 Å². The van der Waals surface area contributed by atoms with E-state index in [0.29, 0.717) is 21.8 Å². The molecule has 6 rings (SSSR count). The third-order valence-electron chi connectivity index (χ3n) is 6.14. The molecule has 1 aromatic carbocycles. The lowest BCUT2D eigenvalue weighted by Crippen LogP contribution is -2.68. The Bertz CT molecular complexity index is 997. The van der Waals surface area contributed by atoms with E-state index in [-0.39, 0.29) is 23.4 Å². The Balaban J connectivity index is 1.38. The second-order valence-corrected chi connectivity index (χ2v) is 8.95. The predicted octanol–water partition coefficient (Wildman–Crippen LogP) is 2.84. The third kappa shape index (κ3) is 3.19. The van der Waals surface area contributed by atoms with Crippen LogP contribution in [0, 0.1) is 5.41 Å². The van der Waals surface area contributed by atoms with E-state index in [1.54, 1.807) is 25.6 Å². The second kappa shape index (κ2) is 7.08. The van der Waals surface area contributed by atoms with Gasteiger partial charge in [0.1, 0.15) is 18.0 Å². The van der Waals surface area contributed by atoms with Crippen LogP contribution in [0.5, 0.6) is 10.9 Å². The topological polar surface area (TPSA) is 105 Å². The van der Waals surface area contributed by atoms with Gasteiger partial charge in [0.15, 0.2) is 5.01 Å². The van der Waals surface area contributed by atoms with E-state index < -0.39 is 0 Å². The molecule has 152 valence electrons. The largest absolute Gasteiger partial charge is 0.507 e. The Morgan fingerprint density at radius 2 is 2.17 bits per heavy atom. The molecule has 3 aliphatic rings. The molecule has 2 saturated heterocycles. The van der Waals surface area contributed by atoms with Crippen LogP contribution >= 0.6 is 11.3 Å². The summed E-state index contributed by atoms with van der Waals surface area (Å²) in [6, 6.07) is 5.78. The van der Waals surface area contributed by atoms with Crippen LogP contribution < -0.4 is 10.1 Å². The standard InChI is InChI=1S/C20H23N5O3S/c1-20-6-5-14(21-10-20)16(27-2)17(20)28-19-25-24-18(29-19)13-4-3-11(7-15(13)26)12-8-22-23-9-12/h3-4,7-9,14,16-17,21,26H,5-6,10H2,1-2H3,(H,22,23)/t14?,16?,17-,20+/m1/s1. The first-order valence-corrected chi connectivity index (χ1v) is 10.5. The first-order chi connectivity index (χ1) is 14.1. The summed E-state index contributed by atoms with van der Waals surface area (Å²) >= 11 is 1.34. The minimum atomic E-state index is -0.0784. The maximum absolute atomic E-state index is 10.5. The molecule has 4 atom stereocenters. The number of hydrogen-bond acceptors (Lipinski definition) is 8. The fraction of sp³-hybridized carbons (Fsp3) is 0.450. The van der Waals surface area contributed by atoms with Gasteiger partial charge in [0.25, 0.3) is 5.19 Å². The van der Waals surface area contributed by atoms with E-state index in [9.17, 15) is 5.11 Å². The van der Waals surface area contributed by atoms with Crippen molar-refractivity contribution in [3.63, 3.8) is 0 Å². The van der Waals surface area contributed by atoms with Crippen LogP contribution in [0.3, 0.4) is 0 Å². The number of fused-ring (bicyclic) bond motifs is 3. The molecule has 2 aromatic heterocycles. The molecule has 1 aliphatic carbocycles. The summed E-state index contributed by atoms with van der Waals surface area (Å²) in [4.78, 5) is 0. The van der Waals surface area contributed by atoms with E-state index >= 15 is 0 Å². The number of rotatable bonds is 5. The van der Waals surface area contributed by atoms with Crippen molar-refractivity contribution in [1.29, 1.82) is 0 Å². The predicted molar refractivity (Wildman–Crippen MR) is 109 cm³/mol. The lowest BCUT2D eigenvalue weighted by molar-refractivity contribution is -0.132. The lowest BCUT2D eigenvalue weighted by Gasteiger charge is -2.53. The first-order valence-electron chi connectivity index (χ1n) is 9.66. The van der Waals surface area contributed by atoms with Gasteiger partial charge < -0.3 is 19.9 Å². The molecule has 4 heterocycles. The number of aromatic nitrogens is 4. The number of piperidine rings is 2. The van der Waals surface area contributed by atoms with E-state index in [2.05, 4.69) is 32.6 Å². The van der Waals surface area contributed by atoms with Gasteiger partial charge in [-0.15, -0.1) is 5.10 Å². The molecular weight excluding hydrogens is 390 g/mol. The fourth-order valence-corrected chi connectivity index (χ4v) is 5.21. The molecule has 3 N–H and O–H groups in total. The molecule has 29 heavy (non-hydrogen) atoms. The number of benzene rings is 1. The van der Waals surface area contributed by atoms with Crippen molar-refractivity contribution in [3.8, 4) is 32.6 Å². The molecule has 0 radical (unpaired) electrons. The van der Waals surface area contributed by atoms with Crippen molar-refractivity contribution in [2.75, 3.05) is 13.7 Å². The highest BCUT2D eigenvalue weighted by Crippen LogP contribution is 2.44. The molecule has 0 spiro atoms. The zero-order valence-corrected chi connectivity index (χ0v) is 17.1. The molecule has 9 heteroatoms. The monoisotopic (exact) mass is 413 g/mol. The molecule has 3 aromatic rings. The smallest absolute Gasteiger partial charge is 0.294 e. The average molecular weight is 414 g/mol. The molecule has 2 unspecified atom stereocenters. The van der Waals surface area contributed by atoms with E-state index in [4.69, 9.17) is 9.47 Å². The van der Waals surface area contributed by atoms with Crippen molar-refractivity contribution in [2.45, 2.75) is 38.0 Å². The number of aromatic hydroxyl groups is 1. The van der Waals surface area contributed by atoms with Gasteiger partial charge >= 0.3 is 0 Å². The second-order valence-electron chi connectivity index (χ2n) is 8.01. The molecule has 8 nitrogen and oxygen atoms in total. The average Bonchev–Trinajstić information content (AvgIpc) is 3.41. The Morgan fingerprint density at radius 3 is 2.86 bits per heavy atom. The van der Waals surface area contributed by atoms with Gasteiger partial charge in [-0.1, -0.05) is 29.4 Å². The molecule has 1 saturated carbocycles. The summed E-state index contributed by atoms with van der Waals surface area (Å²) in [5.41, 5.74) is 2.41. The Labute approximate surface area is 172 Å². The Hall–Kier alpha value is -2.49. The highest BCUT2D eigenvalue weighted by atomic mass is 32.1. The minimum absolute atomic E-state index is 0.00432. The number of methoxy groups -OCH3 is 1. The maximum atomic E-state index is 10.5. The van der Waals surface area contributed by atoms with Crippen LogP contribution in [0.1, 0.15) is 19.8 Å². The zero-order valence-electron chi connectivity index (χ0n) is 16.3. The summed E-state index contributed by atoms with van der Waals surface area (Å²) in [5.74, 6) is 0.147. The van der Waals surface area contributed by atoms with Gasteiger partial charge in [-0.2, -0.15) is 5.10 Å². The quantitative estimate of drug-likeness (QED) is 0.591. The summed E-state index contributed by atoms with van der Waals surface area (Å²) in [5, 5.41) is 30.4. The maximum Gasteiger partial charge on any atom is 0.294 e. The highest BCUT2D eigenvalue weighted by Gasteiger charge is 2.53. The van der Waals surface area contributed by atoms with Crippen LogP contribution in [0.25, 0.3) is 21.7 Å². The summed E-state index contributed by atoms with van der Waals surface area (Å²) in [6.07, 6.45) is 5.59. The summed E-state index contributed by atoms with van der Waals surface area (Å²) in [7, 11) is 1.73. The van der Waals surface area contributed by atoms with Crippen molar-refractivity contribution in [3.05, 3.63) is 30.6 Å². The highest BCUT2D eigenvalue weighted by molar-refractivity contribution is 7.16. The van der Waals surface area contributed by atoms with Crippen molar-refractivity contribution in [2.24, 2.45) is 5.41 Å². The molecule has 2 bridgehead atoms. The van der Waals surface area contributed by atoms with E-state index in [0.717, 1.165) is 30.5 Å². The SMILES string of the molecule is COC1C2CC[C@@](C)(CN2)[C@@H]1Oc1nnc(-c2ccc(-c3cn[nH]c3)cc2O)s1. The van der Waals surface area contributed by atoms with E-state index in [1.807, 2.05) is 12.1 Å². The van der Waals surface area contributed by atoms with Gasteiger partial charge in [-0.05, 0) is 30.5 Å². The Kier molecular flexibility index (Phi) is 4.53. The number of nitrogens with one attached hydrogen (secondary N) is 2. The van der Waals surface area contributed by atoms with Crippen LogP contribution in [0.4, 0.5) is 0 Å². The van der Waals surface area contributed by atoms with Crippen LogP contribution in [-0.4, -0.2) is 57.4 Å². The summed E-state index contributed by atoms with van der Waals surface area (Å²) < 4.78 is 12.1. The van der Waals surface area contributed by atoms with Gasteiger partial charge in [0, 0.05) is 36.9 Å². The number of aromatic amines is 1. The molecular formula is C20H23N5O3S. The molecule has 3 fully saturated rings. The minimum Gasteiger partial charge on any atom is -0.507 e. The first kappa shape index (κ1) is 18.5. The fourth-order valence-electron chi connectivity index (χ4n) is 4.44. The van der Waals surface area contributed by atoms with Gasteiger partial charge in [0.05, 0.1) is 11.8 Å². The number of ether oxygens (including phenoxy) is 2. The van der Waals surface area contributed by atoms with Crippen molar-refractivity contribution in [1.82, 2.24) is 25.7 Å². The number of nitrogens with zero attached hydrogens (tertiary/aromatic N) is 3. The van der Waals surface area contributed by atoms with Gasteiger partial charge in [0.2, 0.25) is 0 Å². The Morgan fingerprint density at radius 1 is 1.28 bits per heavy atom. The zero-order chi connectivity index (χ0) is 20.0. The summed E-state index contributed by atoms with van der Waals surface area (Å²) in [6.45, 7) is 3.14. The van der Waals surface area contributed by atoms with Crippen molar-refractivity contribution < 1.29 is 14.6 Å². The number of hydrogen-bond donors (Lipinski definition) is 3. The third-order valence-corrected chi connectivity index (χ3v) is 6.99. The van der Waals surface area contributed by atoms with Gasteiger partial charge in [-0.25, -0.2) is 0 Å². The van der Waals surface area contributed by atoms with E-state index in [1.165, 1.54) is 11.3 Å². The van der Waals surface area contributed by atoms with Crippen LogP contribution in [0.15, 0.2) is 30.6 Å². The lowest BCUT2D eigenvalue weighted by atomic mass is 9.66.